The lowest BCUT2D eigenvalue weighted by atomic mass is 10.1. The van der Waals surface area contributed by atoms with E-state index in [1.165, 1.54) is 23.4 Å². The maximum absolute atomic E-state index is 12.2. The fraction of sp³-hybridized carbons (Fsp3) is 0.647. The van der Waals surface area contributed by atoms with Crippen LogP contribution in [-0.4, -0.2) is 42.5 Å². The lowest BCUT2D eigenvalue weighted by molar-refractivity contribution is -0.122. The standard InChI is InChI=1S/C17H27N3O3S/c1-24(22,23)20(14-15-8-11-18-12-9-15)13-10-17(21)19-16-6-4-2-3-5-7-16/h8-9,11-12,16H,2-7,10,13-14H2,1H3,(H,19,21). The van der Waals surface area contributed by atoms with Crippen LogP contribution >= 0.6 is 0 Å². The number of nitrogens with zero attached hydrogens (tertiary/aromatic N) is 2. The highest BCUT2D eigenvalue weighted by atomic mass is 32.2. The Morgan fingerprint density at radius 2 is 1.83 bits per heavy atom. The third kappa shape index (κ3) is 6.57. The summed E-state index contributed by atoms with van der Waals surface area (Å²) in [7, 11) is -3.36. The molecule has 1 aromatic heterocycles. The lowest BCUT2D eigenvalue weighted by Crippen LogP contribution is -2.38. The van der Waals surface area contributed by atoms with Gasteiger partial charge >= 0.3 is 0 Å². The highest BCUT2D eigenvalue weighted by Gasteiger charge is 2.20. The minimum Gasteiger partial charge on any atom is -0.353 e. The summed E-state index contributed by atoms with van der Waals surface area (Å²) in [5.41, 5.74) is 0.861. The van der Waals surface area contributed by atoms with Crippen LogP contribution in [0.25, 0.3) is 0 Å². The fourth-order valence-corrected chi connectivity index (χ4v) is 3.81. The second kappa shape index (κ2) is 9.13. The Kier molecular flexibility index (Phi) is 7.17. The van der Waals surface area contributed by atoms with Gasteiger partial charge < -0.3 is 5.32 Å². The predicted molar refractivity (Wildman–Crippen MR) is 93.7 cm³/mol. The molecule has 0 aromatic carbocycles. The summed E-state index contributed by atoms with van der Waals surface area (Å²) in [4.78, 5) is 16.1. The van der Waals surface area contributed by atoms with Crippen molar-refractivity contribution in [2.24, 2.45) is 0 Å². The summed E-state index contributed by atoms with van der Waals surface area (Å²) in [6, 6.07) is 3.81. The number of hydrogen-bond donors (Lipinski definition) is 1. The molecule has 0 atom stereocenters. The first-order valence-electron chi connectivity index (χ1n) is 8.58. The van der Waals surface area contributed by atoms with Crippen LogP contribution in [0.2, 0.25) is 0 Å². The van der Waals surface area contributed by atoms with Gasteiger partial charge in [-0.25, -0.2) is 8.42 Å². The number of sulfonamides is 1. The molecule has 0 saturated heterocycles. The van der Waals surface area contributed by atoms with Crippen molar-refractivity contribution in [1.82, 2.24) is 14.6 Å². The molecule has 1 N–H and O–H groups in total. The predicted octanol–water partition coefficient (Wildman–Crippen LogP) is 2.07. The van der Waals surface area contributed by atoms with Crippen LogP contribution in [0, 0.1) is 0 Å². The number of aromatic nitrogens is 1. The minimum absolute atomic E-state index is 0.0646. The van der Waals surface area contributed by atoms with Crippen LogP contribution in [-0.2, 0) is 21.4 Å². The Labute approximate surface area is 144 Å². The topological polar surface area (TPSA) is 79.4 Å². The third-order valence-corrected chi connectivity index (χ3v) is 5.64. The smallest absolute Gasteiger partial charge is 0.221 e. The average Bonchev–Trinajstić information content (AvgIpc) is 2.80. The van der Waals surface area contributed by atoms with Crippen LogP contribution in [0.5, 0.6) is 0 Å². The average molecular weight is 353 g/mol. The first-order valence-corrected chi connectivity index (χ1v) is 10.4. The molecule has 1 aromatic rings. The Bertz CT molecular complexity index is 611. The monoisotopic (exact) mass is 353 g/mol. The Hall–Kier alpha value is -1.47. The van der Waals surface area contributed by atoms with Gasteiger partial charge in [0.25, 0.3) is 0 Å². The van der Waals surface area contributed by atoms with E-state index in [0.717, 1.165) is 31.2 Å². The molecule has 1 amide bonds. The number of hydrogen-bond acceptors (Lipinski definition) is 4. The molecule has 0 bridgehead atoms. The second-order valence-electron chi connectivity index (χ2n) is 6.46. The van der Waals surface area contributed by atoms with Crippen molar-refractivity contribution < 1.29 is 13.2 Å². The van der Waals surface area contributed by atoms with Crippen molar-refractivity contribution in [3.05, 3.63) is 30.1 Å². The lowest BCUT2D eigenvalue weighted by Gasteiger charge is -2.21. The highest BCUT2D eigenvalue weighted by Crippen LogP contribution is 2.17. The number of rotatable bonds is 7. The molecule has 2 rings (SSSR count). The van der Waals surface area contributed by atoms with Crippen LogP contribution in [0.3, 0.4) is 0 Å². The highest BCUT2D eigenvalue weighted by molar-refractivity contribution is 7.88. The largest absolute Gasteiger partial charge is 0.353 e. The molecule has 24 heavy (non-hydrogen) atoms. The SMILES string of the molecule is CS(=O)(=O)N(CCC(=O)NC1CCCCCC1)Cc1ccncc1. The Morgan fingerprint density at radius 3 is 2.42 bits per heavy atom. The molecule has 6 nitrogen and oxygen atoms in total. The van der Waals surface area contributed by atoms with Crippen molar-refractivity contribution in [3.63, 3.8) is 0 Å². The van der Waals surface area contributed by atoms with E-state index in [1.807, 2.05) is 0 Å². The first-order chi connectivity index (χ1) is 11.4. The summed E-state index contributed by atoms with van der Waals surface area (Å²) in [5.74, 6) is -0.0646. The van der Waals surface area contributed by atoms with Gasteiger partial charge in [0, 0.05) is 37.9 Å². The van der Waals surface area contributed by atoms with Crippen molar-refractivity contribution in [2.75, 3.05) is 12.8 Å². The van der Waals surface area contributed by atoms with Crippen molar-refractivity contribution in [2.45, 2.75) is 57.5 Å². The zero-order valence-electron chi connectivity index (χ0n) is 14.3. The van der Waals surface area contributed by atoms with Gasteiger partial charge in [0.1, 0.15) is 0 Å². The van der Waals surface area contributed by atoms with Crippen LogP contribution in [0.15, 0.2) is 24.5 Å². The second-order valence-corrected chi connectivity index (χ2v) is 8.44. The Balaban J connectivity index is 1.86. The molecule has 1 fully saturated rings. The number of amides is 1. The molecule has 1 heterocycles. The molecule has 0 radical (unpaired) electrons. The molecule has 1 saturated carbocycles. The van der Waals surface area contributed by atoms with Crippen LogP contribution < -0.4 is 5.32 Å². The van der Waals surface area contributed by atoms with E-state index in [1.54, 1.807) is 24.5 Å². The summed E-state index contributed by atoms with van der Waals surface area (Å²) in [6.45, 7) is 0.456. The van der Waals surface area contributed by atoms with Gasteiger partial charge in [-0.3, -0.25) is 9.78 Å². The number of carbonyl (C=O) groups is 1. The van der Waals surface area contributed by atoms with Crippen LogP contribution in [0.4, 0.5) is 0 Å². The molecule has 7 heteroatoms. The zero-order chi connectivity index (χ0) is 17.4. The van der Waals surface area contributed by atoms with E-state index < -0.39 is 10.0 Å². The maximum atomic E-state index is 12.2. The van der Waals surface area contributed by atoms with Gasteiger partial charge in [-0.15, -0.1) is 0 Å². The minimum atomic E-state index is -3.36. The van der Waals surface area contributed by atoms with E-state index in [-0.39, 0.29) is 31.5 Å². The van der Waals surface area contributed by atoms with E-state index in [4.69, 9.17) is 0 Å². The van der Waals surface area contributed by atoms with E-state index in [2.05, 4.69) is 10.3 Å². The number of nitrogens with one attached hydrogen (secondary N) is 1. The normalized spacial score (nSPS) is 16.8. The van der Waals surface area contributed by atoms with Crippen molar-refractivity contribution in [3.8, 4) is 0 Å². The van der Waals surface area contributed by atoms with Gasteiger partial charge in [0.15, 0.2) is 0 Å². The van der Waals surface area contributed by atoms with E-state index in [0.29, 0.717) is 0 Å². The van der Waals surface area contributed by atoms with Gasteiger partial charge in [-0.05, 0) is 30.5 Å². The summed E-state index contributed by atoms with van der Waals surface area (Å²) < 4.78 is 25.3. The van der Waals surface area contributed by atoms with E-state index >= 15 is 0 Å². The molecule has 0 unspecified atom stereocenters. The third-order valence-electron chi connectivity index (χ3n) is 4.39. The van der Waals surface area contributed by atoms with Crippen molar-refractivity contribution >= 4 is 15.9 Å². The van der Waals surface area contributed by atoms with Crippen LogP contribution in [0.1, 0.15) is 50.5 Å². The molecule has 0 aliphatic heterocycles. The molecule has 1 aliphatic carbocycles. The number of carbonyl (C=O) groups excluding carboxylic acids is 1. The van der Waals surface area contributed by atoms with E-state index in [9.17, 15) is 13.2 Å². The Morgan fingerprint density at radius 1 is 1.21 bits per heavy atom. The quantitative estimate of drug-likeness (QED) is 0.761. The summed E-state index contributed by atoms with van der Waals surface area (Å²) >= 11 is 0. The molecular formula is C17H27N3O3S. The van der Waals surface area contributed by atoms with Gasteiger partial charge in [-0.2, -0.15) is 4.31 Å². The molecule has 134 valence electrons. The molecule has 1 aliphatic rings. The molecular weight excluding hydrogens is 326 g/mol. The zero-order valence-corrected chi connectivity index (χ0v) is 15.1. The number of pyridine rings is 1. The van der Waals surface area contributed by atoms with Crippen molar-refractivity contribution in [1.29, 1.82) is 0 Å². The summed E-state index contributed by atoms with van der Waals surface area (Å²) in [6.07, 6.45) is 11.5. The maximum Gasteiger partial charge on any atom is 0.221 e. The van der Waals surface area contributed by atoms with Gasteiger partial charge in [-0.1, -0.05) is 25.7 Å². The molecule has 0 spiro atoms. The van der Waals surface area contributed by atoms with Gasteiger partial charge in [0.05, 0.1) is 6.26 Å². The summed E-state index contributed by atoms with van der Waals surface area (Å²) in [5, 5.41) is 3.06. The fourth-order valence-electron chi connectivity index (χ4n) is 3.00. The first kappa shape index (κ1) is 18.9. The van der Waals surface area contributed by atoms with Gasteiger partial charge in [0.2, 0.25) is 15.9 Å².